The number of carbonyl (C=O) groups excluding carboxylic acids is 1. The average Bonchev–Trinajstić information content (AvgIpc) is 2.96. The van der Waals surface area contributed by atoms with Gasteiger partial charge in [-0.1, -0.05) is 6.07 Å². The van der Waals surface area contributed by atoms with Crippen LogP contribution in [-0.4, -0.2) is 15.9 Å². The van der Waals surface area contributed by atoms with E-state index in [1.165, 1.54) is 0 Å². The topological polar surface area (TPSA) is 77.8 Å². The highest BCUT2D eigenvalue weighted by atomic mass is 32.1. The highest BCUT2D eigenvalue weighted by Crippen LogP contribution is 2.15. The zero-order valence-electron chi connectivity index (χ0n) is 9.90. The van der Waals surface area contributed by atoms with Crippen LogP contribution in [0.15, 0.2) is 40.5 Å². The van der Waals surface area contributed by atoms with Crippen LogP contribution in [0.5, 0.6) is 0 Å². The van der Waals surface area contributed by atoms with E-state index in [-0.39, 0.29) is 11.6 Å². The Bertz CT molecular complexity index is 771. The lowest BCUT2D eigenvalue weighted by Crippen LogP contribution is -2.13. The standard InChI is InChI=1S/C13H11N3O2S/c17-12(7-9-2-1-5-19-9)14-8-3-4-10-11(6-8)16-13(18)15-10/h1-6H,7H2,(H,14,17)(H2,15,16,18). The molecule has 0 atom stereocenters. The summed E-state index contributed by atoms with van der Waals surface area (Å²) in [4.78, 5) is 29.3. The van der Waals surface area contributed by atoms with Gasteiger partial charge in [0, 0.05) is 10.6 Å². The molecule has 0 aliphatic carbocycles. The van der Waals surface area contributed by atoms with E-state index in [0.29, 0.717) is 17.6 Å². The highest BCUT2D eigenvalue weighted by molar-refractivity contribution is 7.10. The first kappa shape index (κ1) is 11.7. The Balaban J connectivity index is 1.77. The number of fused-ring (bicyclic) bond motifs is 1. The van der Waals surface area contributed by atoms with Crippen molar-refractivity contribution in [3.63, 3.8) is 0 Å². The maximum absolute atomic E-state index is 11.8. The number of aromatic amines is 2. The Morgan fingerprint density at radius 1 is 1.21 bits per heavy atom. The van der Waals surface area contributed by atoms with Gasteiger partial charge in [0.2, 0.25) is 5.91 Å². The summed E-state index contributed by atoms with van der Waals surface area (Å²) >= 11 is 1.55. The maximum Gasteiger partial charge on any atom is 0.323 e. The van der Waals surface area contributed by atoms with E-state index in [2.05, 4.69) is 15.3 Å². The molecule has 19 heavy (non-hydrogen) atoms. The van der Waals surface area contributed by atoms with Gasteiger partial charge in [-0.05, 0) is 29.6 Å². The second-order valence-corrected chi connectivity index (χ2v) is 5.18. The van der Waals surface area contributed by atoms with Gasteiger partial charge < -0.3 is 15.3 Å². The minimum atomic E-state index is -0.253. The third kappa shape index (κ3) is 2.58. The van der Waals surface area contributed by atoms with Crippen molar-refractivity contribution >= 4 is 34.0 Å². The molecule has 0 aliphatic heterocycles. The zero-order chi connectivity index (χ0) is 13.2. The van der Waals surface area contributed by atoms with Gasteiger partial charge in [-0.2, -0.15) is 0 Å². The molecule has 0 unspecified atom stereocenters. The summed E-state index contributed by atoms with van der Waals surface area (Å²) in [5, 5.41) is 4.76. The lowest BCUT2D eigenvalue weighted by Gasteiger charge is -2.04. The normalized spacial score (nSPS) is 10.7. The summed E-state index contributed by atoms with van der Waals surface area (Å²) in [6.07, 6.45) is 0.360. The van der Waals surface area contributed by atoms with Gasteiger partial charge in [-0.15, -0.1) is 11.3 Å². The Morgan fingerprint density at radius 3 is 2.84 bits per heavy atom. The molecule has 0 radical (unpaired) electrons. The van der Waals surface area contributed by atoms with Crippen LogP contribution in [0, 0.1) is 0 Å². The zero-order valence-corrected chi connectivity index (χ0v) is 10.7. The first-order valence-corrected chi connectivity index (χ1v) is 6.63. The molecule has 0 saturated heterocycles. The summed E-state index contributed by atoms with van der Waals surface area (Å²) < 4.78 is 0. The molecule has 0 saturated carbocycles. The van der Waals surface area contributed by atoms with Crippen molar-refractivity contribution in [2.75, 3.05) is 5.32 Å². The molecular weight excluding hydrogens is 262 g/mol. The summed E-state index contributed by atoms with van der Waals surface area (Å²) in [6, 6.07) is 9.10. The monoisotopic (exact) mass is 273 g/mol. The van der Waals surface area contributed by atoms with Crippen LogP contribution in [0.3, 0.4) is 0 Å². The smallest absolute Gasteiger partial charge is 0.323 e. The molecule has 5 nitrogen and oxygen atoms in total. The molecule has 3 rings (SSSR count). The number of rotatable bonds is 3. The van der Waals surface area contributed by atoms with Gasteiger partial charge >= 0.3 is 5.69 Å². The van der Waals surface area contributed by atoms with Crippen LogP contribution in [-0.2, 0) is 11.2 Å². The fraction of sp³-hybridized carbons (Fsp3) is 0.0769. The molecule has 1 aromatic carbocycles. The first-order chi connectivity index (χ1) is 9.20. The van der Waals surface area contributed by atoms with Crippen molar-refractivity contribution < 1.29 is 4.79 Å². The molecule has 2 aromatic heterocycles. The van der Waals surface area contributed by atoms with E-state index in [9.17, 15) is 9.59 Å². The van der Waals surface area contributed by atoms with Crippen LogP contribution in [0.1, 0.15) is 4.88 Å². The number of imidazole rings is 1. The Morgan fingerprint density at radius 2 is 2.05 bits per heavy atom. The third-order valence-electron chi connectivity index (χ3n) is 2.71. The molecule has 96 valence electrons. The molecule has 0 spiro atoms. The van der Waals surface area contributed by atoms with Crippen molar-refractivity contribution in [3.8, 4) is 0 Å². The molecular formula is C13H11N3O2S. The Hall–Kier alpha value is -2.34. The second kappa shape index (κ2) is 4.74. The van der Waals surface area contributed by atoms with Crippen molar-refractivity contribution in [1.82, 2.24) is 9.97 Å². The van der Waals surface area contributed by atoms with E-state index in [1.807, 2.05) is 17.5 Å². The number of aromatic nitrogens is 2. The van der Waals surface area contributed by atoms with E-state index in [0.717, 1.165) is 10.4 Å². The van der Waals surface area contributed by atoms with Crippen LogP contribution in [0.2, 0.25) is 0 Å². The molecule has 3 N–H and O–H groups in total. The highest BCUT2D eigenvalue weighted by Gasteiger charge is 2.06. The minimum absolute atomic E-state index is 0.0697. The third-order valence-corrected chi connectivity index (χ3v) is 3.59. The average molecular weight is 273 g/mol. The van der Waals surface area contributed by atoms with E-state index in [1.54, 1.807) is 29.5 Å². The number of nitrogens with one attached hydrogen (secondary N) is 3. The number of benzene rings is 1. The predicted octanol–water partition coefficient (Wildman–Crippen LogP) is 2.10. The van der Waals surface area contributed by atoms with E-state index >= 15 is 0 Å². The molecule has 1 amide bonds. The van der Waals surface area contributed by atoms with Crippen LogP contribution in [0.4, 0.5) is 5.69 Å². The molecule has 3 aromatic rings. The summed E-state index contributed by atoms with van der Waals surface area (Å²) in [6.45, 7) is 0. The van der Waals surface area contributed by atoms with Crippen LogP contribution in [0.25, 0.3) is 11.0 Å². The van der Waals surface area contributed by atoms with Gasteiger partial charge in [-0.3, -0.25) is 4.79 Å². The van der Waals surface area contributed by atoms with Crippen molar-refractivity contribution in [3.05, 3.63) is 51.1 Å². The maximum atomic E-state index is 11.8. The molecule has 0 bridgehead atoms. The first-order valence-electron chi connectivity index (χ1n) is 5.75. The Labute approximate surface area is 112 Å². The number of anilines is 1. The fourth-order valence-corrected chi connectivity index (χ4v) is 2.59. The van der Waals surface area contributed by atoms with Crippen LogP contribution < -0.4 is 11.0 Å². The molecule has 0 aliphatic rings. The van der Waals surface area contributed by atoms with Gasteiger partial charge in [-0.25, -0.2) is 4.79 Å². The predicted molar refractivity (Wildman–Crippen MR) is 75.6 cm³/mol. The van der Waals surface area contributed by atoms with Gasteiger partial charge in [0.1, 0.15) is 0 Å². The number of thiophene rings is 1. The number of H-pyrrole nitrogens is 2. The van der Waals surface area contributed by atoms with Gasteiger partial charge in [0.25, 0.3) is 0 Å². The lowest BCUT2D eigenvalue weighted by molar-refractivity contribution is -0.115. The number of amides is 1. The van der Waals surface area contributed by atoms with E-state index in [4.69, 9.17) is 0 Å². The molecule has 0 fully saturated rings. The summed E-state index contributed by atoms with van der Waals surface area (Å²) in [7, 11) is 0. The SMILES string of the molecule is O=C(Cc1cccs1)Nc1ccc2[nH]c(=O)[nH]c2c1. The van der Waals surface area contributed by atoms with Crippen molar-refractivity contribution in [2.45, 2.75) is 6.42 Å². The van der Waals surface area contributed by atoms with E-state index < -0.39 is 0 Å². The Kier molecular flexibility index (Phi) is 2.92. The minimum Gasteiger partial charge on any atom is -0.326 e. The summed E-state index contributed by atoms with van der Waals surface area (Å²) in [5.41, 5.74) is 1.82. The number of carbonyl (C=O) groups is 1. The van der Waals surface area contributed by atoms with Crippen LogP contribution >= 0.6 is 11.3 Å². The van der Waals surface area contributed by atoms with Crippen molar-refractivity contribution in [1.29, 1.82) is 0 Å². The molecule has 6 heteroatoms. The van der Waals surface area contributed by atoms with Gasteiger partial charge in [0.15, 0.2) is 0 Å². The molecule has 2 heterocycles. The quantitative estimate of drug-likeness (QED) is 0.683. The van der Waals surface area contributed by atoms with Crippen molar-refractivity contribution in [2.24, 2.45) is 0 Å². The lowest BCUT2D eigenvalue weighted by atomic mass is 10.2. The second-order valence-electron chi connectivity index (χ2n) is 4.14. The fourth-order valence-electron chi connectivity index (χ4n) is 1.89. The van der Waals surface area contributed by atoms with Gasteiger partial charge in [0.05, 0.1) is 17.5 Å². The largest absolute Gasteiger partial charge is 0.326 e. The number of hydrogen-bond acceptors (Lipinski definition) is 3. The summed E-state index contributed by atoms with van der Waals surface area (Å²) in [5.74, 6) is -0.0697. The number of hydrogen-bond donors (Lipinski definition) is 3.